The maximum absolute atomic E-state index is 13.2. The van der Waals surface area contributed by atoms with Crippen LogP contribution in [-0.4, -0.2) is 37.5 Å². The van der Waals surface area contributed by atoms with Gasteiger partial charge in [-0.05, 0) is 46.7 Å². The molecule has 2 aromatic carbocycles. The molecular weight excluding hydrogens is 412 g/mol. The van der Waals surface area contributed by atoms with E-state index in [0.717, 1.165) is 47.2 Å². The third-order valence-electron chi connectivity index (χ3n) is 6.22. The van der Waals surface area contributed by atoms with Crippen LogP contribution in [0.5, 0.6) is 0 Å². The first-order valence-electron chi connectivity index (χ1n) is 11.2. The maximum atomic E-state index is 13.2. The largest absolute Gasteiger partial charge is 0.320 e. The Bertz CT molecular complexity index is 1220. The van der Waals surface area contributed by atoms with Gasteiger partial charge in [-0.2, -0.15) is 5.21 Å². The smallest absolute Gasteiger partial charge is 0.243 e. The second kappa shape index (κ2) is 9.34. The molecule has 0 spiro atoms. The lowest BCUT2D eigenvalue weighted by Crippen LogP contribution is -2.44. The molecule has 1 aromatic heterocycles. The zero-order chi connectivity index (χ0) is 22.6. The summed E-state index contributed by atoms with van der Waals surface area (Å²) in [5.74, 6) is 0.557. The van der Waals surface area contributed by atoms with Crippen LogP contribution < -0.4 is 5.73 Å². The third-order valence-corrected chi connectivity index (χ3v) is 6.22. The van der Waals surface area contributed by atoms with Gasteiger partial charge in [0.25, 0.3) is 0 Å². The van der Waals surface area contributed by atoms with Crippen LogP contribution in [0.25, 0.3) is 22.5 Å². The number of allylic oxidation sites excluding steroid dienone is 5. The highest BCUT2D eigenvalue weighted by Gasteiger charge is 2.27. The van der Waals surface area contributed by atoms with Crippen molar-refractivity contribution in [2.24, 2.45) is 5.73 Å². The van der Waals surface area contributed by atoms with Crippen LogP contribution in [0, 0.1) is 0 Å². The fourth-order valence-corrected chi connectivity index (χ4v) is 4.49. The van der Waals surface area contributed by atoms with Crippen LogP contribution in [0.15, 0.2) is 84.1 Å². The monoisotopic (exact) mass is 438 g/mol. The van der Waals surface area contributed by atoms with Crippen molar-refractivity contribution in [3.8, 4) is 22.5 Å². The number of nitrogens with two attached hydrogens (primary N) is 1. The number of aromatic nitrogens is 4. The van der Waals surface area contributed by atoms with E-state index in [2.05, 4.69) is 63.1 Å². The van der Waals surface area contributed by atoms with Crippen LogP contribution >= 0.6 is 0 Å². The van der Waals surface area contributed by atoms with Gasteiger partial charge in [-0.25, -0.2) is 0 Å². The third kappa shape index (κ3) is 4.40. The average Bonchev–Trinajstić information content (AvgIpc) is 3.29. The molecule has 2 heterocycles. The Hall–Kier alpha value is -3.84. The molecule has 7 nitrogen and oxygen atoms in total. The Morgan fingerprint density at radius 2 is 1.88 bits per heavy atom. The molecule has 0 saturated heterocycles. The molecule has 3 aromatic rings. The van der Waals surface area contributed by atoms with Crippen molar-refractivity contribution in [2.45, 2.75) is 38.3 Å². The molecule has 3 N–H and O–H groups in total. The molecule has 0 bridgehead atoms. The van der Waals surface area contributed by atoms with E-state index in [9.17, 15) is 4.79 Å². The number of carbonyl (C=O) groups excluding carboxylic acids is 1. The van der Waals surface area contributed by atoms with Gasteiger partial charge in [-0.3, -0.25) is 4.79 Å². The Kier molecular flexibility index (Phi) is 5.95. The van der Waals surface area contributed by atoms with Crippen molar-refractivity contribution in [2.75, 3.05) is 0 Å². The molecular formula is C26H26N6O. The summed E-state index contributed by atoms with van der Waals surface area (Å²) in [6.45, 7) is 0.500. The van der Waals surface area contributed by atoms with E-state index in [4.69, 9.17) is 5.73 Å². The minimum Gasteiger partial charge on any atom is -0.320 e. The highest BCUT2D eigenvalue weighted by atomic mass is 16.2. The minimum atomic E-state index is -0.462. The number of nitrogens with one attached hydrogen (secondary N) is 1. The van der Waals surface area contributed by atoms with Gasteiger partial charge in [0.05, 0.1) is 12.6 Å². The lowest BCUT2D eigenvalue weighted by Gasteiger charge is -2.31. The van der Waals surface area contributed by atoms with Gasteiger partial charge >= 0.3 is 0 Å². The molecule has 7 heteroatoms. The number of H-pyrrole nitrogens is 1. The van der Waals surface area contributed by atoms with Crippen molar-refractivity contribution in [1.29, 1.82) is 0 Å². The van der Waals surface area contributed by atoms with Crippen molar-refractivity contribution in [3.05, 3.63) is 89.7 Å². The second-order valence-electron chi connectivity index (χ2n) is 8.36. The first-order chi connectivity index (χ1) is 16.2. The van der Waals surface area contributed by atoms with E-state index < -0.39 is 6.04 Å². The second-order valence-corrected chi connectivity index (χ2v) is 8.36. The Labute approximate surface area is 192 Å². The molecule has 1 unspecified atom stereocenters. The van der Waals surface area contributed by atoms with Crippen LogP contribution in [0.3, 0.4) is 0 Å². The first kappa shape index (κ1) is 21.0. The Morgan fingerprint density at radius 1 is 1.06 bits per heavy atom. The van der Waals surface area contributed by atoms with Gasteiger partial charge in [-0.15, -0.1) is 10.2 Å². The summed E-state index contributed by atoms with van der Waals surface area (Å²) in [5, 5.41) is 14.4. The van der Waals surface area contributed by atoms with Crippen molar-refractivity contribution in [1.82, 2.24) is 25.5 Å². The van der Waals surface area contributed by atoms with Gasteiger partial charge in [0.15, 0.2) is 0 Å². The Morgan fingerprint density at radius 3 is 2.67 bits per heavy atom. The molecule has 33 heavy (non-hydrogen) atoms. The van der Waals surface area contributed by atoms with Gasteiger partial charge in [0.2, 0.25) is 11.7 Å². The summed E-state index contributed by atoms with van der Waals surface area (Å²) >= 11 is 0. The van der Waals surface area contributed by atoms with Crippen molar-refractivity contribution in [3.63, 3.8) is 0 Å². The van der Waals surface area contributed by atoms with E-state index in [1.54, 1.807) is 0 Å². The zero-order valence-corrected chi connectivity index (χ0v) is 18.3. The zero-order valence-electron chi connectivity index (χ0n) is 18.3. The van der Waals surface area contributed by atoms with Gasteiger partial charge in [-0.1, -0.05) is 72.8 Å². The fourth-order valence-electron chi connectivity index (χ4n) is 4.49. The number of tetrazole rings is 1. The molecule has 0 fully saturated rings. The van der Waals surface area contributed by atoms with Crippen molar-refractivity contribution < 1.29 is 4.79 Å². The molecule has 1 amide bonds. The summed E-state index contributed by atoms with van der Waals surface area (Å²) in [5.41, 5.74) is 12.6. The number of amides is 1. The molecule has 0 saturated carbocycles. The van der Waals surface area contributed by atoms with Gasteiger partial charge in [0, 0.05) is 17.7 Å². The minimum absolute atomic E-state index is 0.00238. The molecule has 1 atom stereocenters. The highest BCUT2D eigenvalue weighted by Crippen LogP contribution is 2.31. The standard InChI is InChI=1S/C26H26N6O/c27-23-11-6-8-20-7-2-1-3-12-24(20)32(26(23)33)17-18-13-15-19(16-14-18)21-9-4-5-10-22(21)25-28-30-31-29-25/h1-5,7,9-10,13-16,23H,6,8,11-12,17,27H2,(H,28,29,30,31). The average molecular weight is 439 g/mol. The number of hydrogen-bond donors (Lipinski definition) is 2. The van der Waals surface area contributed by atoms with Crippen molar-refractivity contribution >= 4 is 5.91 Å². The summed E-state index contributed by atoms with van der Waals surface area (Å²) in [4.78, 5) is 15.1. The topological polar surface area (TPSA) is 101 Å². The molecule has 1 aliphatic heterocycles. The highest BCUT2D eigenvalue weighted by molar-refractivity contribution is 5.84. The normalized spacial score (nSPS) is 18.6. The number of carbonyl (C=O) groups is 1. The number of benzene rings is 2. The number of nitrogens with zero attached hydrogens (tertiary/aromatic N) is 4. The van der Waals surface area contributed by atoms with Crippen LogP contribution in [0.2, 0.25) is 0 Å². The summed E-state index contributed by atoms with van der Waals surface area (Å²) < 4.78 is 0. The first-order valence-corrected chi connectivity index (χ1v) is 11.2. The summed E-state index contributed by atoms with van der Waals surface area (Å²) in [6, 6.07) is 15.8. The summed E-state index contributed by atoms with van der Waals surface area (Å²) in [7, 11) is 0. The number of hydrogen-bond acceptors (Lipinski definition) is 5. The fraction of sp³-hybridized carbons (Fsp3) is 0.231. The molecule has 2 aliphatic rings. The van der Waals surface area contributed by atoms with Crippen LogP contribution in [-0.2, 0) is 11.3 Å². The van der Waals surface area contributed by atoms with Gasteiger partial charge in [0.1, 0.15) is 0 Å². The molecule has 166 valence electrons. The van der Waals surface area contributed by atoms with Crippen LogP contribution in [0.4, 0.5) is 0 Å². The van der Waals surface area contributed by atoms with E-state index >= 15 is 0 Å². The van der Waals surface area contributed by atoms with Gasteiger partial charge < -0.3 is 10.6 Å². The Balaban J connectivity index is 1.45. The van der Waals surface area contributed by atoms with E-state index in [1.165, 1.54) is 5.57 Å². The lowest BCUT2D eigenvalue weighted by atomic mass is 9.96. The van der Waals surface area contributed by atoms with E-state index in [-0.39, 0.29) is 5.91 Å². The van der Waals surface area contributed by atoms with E-state index in [0.29, 0.717) is 18.8 Å². The lowest BCUT2D eigenvalue weighted by molar-refractivity contribution is -0.131. The quantitative estimate of drug-likeness (QED) is 0.637. The molecule has 5 rings (SSSR count). The van der Waals surface area contributed by atoms with Crippen LogP contribution in [0.1, 0.15) is 31.2 Å². The summed E-state index contributed by atoms with van der Waals surface area (Å²) in [6.07, 6.45) is 11.6. The predicted octanol–water partition coefficient (Wildman–Crippen LogP) is 4.14. The molecule has 0 radical (unpaired) electrons. The van der Waals surface area contributed by atoms with E-state index in [1.807, 2.05) is 35.2 Å². The SMILES string of the molecule is NC1CCCC2=C(CC=CC=C2)N(Cc2ccc(-c3ccccc3-c3nn[nH]n3)cc2)C1=O. The maximum Gasteiger partial charge on any atom is 0.243 e. The molecule has 1 aliphatic carbocycles. The number of aromatic amines is 1. The predicted molar refractivity (Wildman–Crippen MR) is 127 cm³/mol. The number of rotatable bonds is 4.